The molecule has 0 bridgehead atoms. The van der Waals surface area contributed by atoms with Crippen LogP contribution in [0.4, 0.5) is 8.78 Å². The monoisotopic (exact) mass is 312 g/mol. The summed E-state index contributed by atoms with van der Waals surface area (Å²) in [5, 5.41) is 0. The Balaban J connectivity index is 1.88. The van der Waals surface area contributed by atoms with Crippen molar-refractivity contribution in [3.8, 4) is 0 Å². The molecule has 0 atom stereocenters. The molecule has 2 aromatic carbocycles. The Morgan fingerprint density at radius 1 is 0.696 bits per heavy atom. The van der Waals surface area contributed by atoms with Crippen LogP contribution >= 0.6 is 0 Å². The van der Waals surface area contributed by atoms with Crippen LogP contribution < -0.4 is 0 Å². The molecule has 116 valence electrons. The van der Waals surface area contributed by atoms with Crippen LogP contribution in [0.2, 0.25) is 0 Å². The fraction of sp³-hybridized carbons (Fsp3) is 0.0526. The molecular formula is C19H14F2O2. The summed E-state index contributed by atoms with van der Waals surface area (Å²) in [6.45, 7) is 0. The van der Waals surface area contributed by atoms with Gasteiger partial charge in [0.1, 0.15) is 11.6 Å². The van der Waals surface area contributed by atoms with E-state index in [1.807, 2.05) is 0 Å². The number of ketones is 2. The van der Waals surface area contributed by atoms with E-state index in [4.69, 9.17) is 0 Å². The highest BCUT2D eigenvalue weighted by atomic mass is 19.1. The van der Waals surface area contributed by atoms with E-state index in [2.05, 4.69) is 0 Å². The van der Waals surface area contributed by atoms with Crippen LogP contribution in [0.25, 0.3) is 12.2 Å². The number of hydrogen-bond donors (Lipinski definition) is 0. The summed E-state index contributed by atoms with van der Waals surface area (Å²) in [7, 11) is 0. The Morgan fingerprint density at radius 3 is 1.39 bits per heavy atom. The summed E-state index contributed by atoms with van der Waals surface area (Å²) in [5.41, 5.74) is 1.35. The average molecular weight is 312 g/mol. The lowest BCUT2D eigenvalue weighted by Crippen LogP contribution is -2.01. The molecule has 2 nitrogen and oxygen atoms in total. The van der Waals surface area contributed by atoms with E-state index in [0.29, 0.717) is 11.1 Å². The normalized spacial score (nSPS) is 11.2. The molecule has 23 heavy (non-hydrogen) atoms. The van der Waals surface area contributed by atoms with E-state index in [1.165, 1.54) is 72.8 Å². The quantitative estimate of drug-likeness (QED) is 0.591. The van der Waals surface area contributed by atoms with Gasteiger partial charge in [0, 0.05) is 0 Å². The number of halogens is 2. The minimum atomic E-state index is -0.352. The molecule has 0 N–H and O–H groups in total. The number of benzene rings is 2. The summed E-state index contributed by atoms with van der Waals surface area (Å²) in [5.74, 6) is -1.39. The van der Waals surface area contributed by atoms with Crippen LogP contribution in [-0.4, -0.2) is 11.6 Å². The Bertz CT molecular complexity index is 676. The first-order valence-corrected chi connectivity index (χ1v) is 6.96. The molecule has 4 heteroatoms. The molecule has 2 aromatic rings. The molecule has 0 aliphatic heterocycles. The maximum atomic E-state index is 12.7. The Kier molecular flexibility index (Phi) is 5.69. The number of allylic oxidation sites excluding steroid dienone is 2. The fourth-order valence-corrected chi connectivity index (χ4v) is 1.82. The molecule has 0 heterocycles. The van der Waals surface area contributed by atoms with Gasteiger partial charge in [-0.3, -0.25) is 9.59 Å². The lowest BCUT2D eigenvalue weighted by molar-refractivity contribution is -0.121. The first-order chi connectivity index (χ1) is 11.0. The van der Waals surface area contributed by atoms with E-state index in [1.54, 1.807) is 0 Å². The molecule has 0 aliphatic rings. The molecule has 0 aliphatic carbocycles. The predicted octanol–water partition coefficient (Wildman–Crippen LogP) is 4.22. The topological polar surface area (TPSA) is 34.1 Å². The van der Waals surface area contributed by atoms with Gasteiger partial charge in [-0.15, -0.1) is 0 Å². The van der Waals surface area contributed by atoms with Crippen molar-refractivity contribution in [1.82, 2.24) is 0 Å². The SMILES string of the molecule is O=C(/C=C/c1ccc(F)cc1)CC(=O)/C=C/c1ccc(F)cc1. The third kappa shape index (κ3) is 5.79. The van der Waals surface area contributed by atoms with Crippen LogP contribution in [0, 0.1) is 11.6 Å². The smallest absolute Gasteiger partial charge is 0.163 e. The summed E-state index contributed by atoms with van der Waals surface area (Å²) in [4.78, 5) is 23.4. The predicted molar refractivity (Wildman–Crippen MR) is 85.5 cm³/mol. The second-order valence-corrected chi connectivity index (χ2v) is 4.88. The van der Waals surface area contributed by atoms with Crippen LogP contribution in [-0.2, 0) is 9.59 Å². The molecule has 0 spiro atoms. The zero-order valence-corrected chi connectivity index (χ0v) is 12.2. The third-order valence-electron chi connectivity index (χ3n) is 3.01. The summed E-state index contributed by atoms with van der Waals surface area (Å²) < 4.78 is 25.5. The zero-order valence-electron chi connectivity index (χ0n) is 12.2. The molecule has 0 unspecified atom stereocenters. The van der Waals surface area contributed by atoms with Gasteiger partial charge in [0.15, 0.2) is 11.6 Å². The van der Waals surface area contributed by atoms with Crippen LogP contribution in [0.3, 0.4) is 0 Å². The molecular weight excluding hydrogens is 298 g/mol. The van der Waals surface area contributed by atoms with E-state index in [0.717, 1.165) is 0 Å². The molecule has 0 saturated heterocycles. The highest BCUT2D eigenvalue weighted by Gasteiger charge is 2.03. The summed E-state index contributed by atoms with van der Waals surface area (Å²) in [6.07, 6.45) is 5.38. The van der Waals surface area contributed by atoms with Crippen molar-refractivity contribution in [3.05, 3.63) is 83.4 Å². The first-order valence-electron chi connectivity index (χ1n) is 6.96. The van der Waals surface area contributed by atoms with Gasteiger partial charge in [0.25, 0.3) is 0 Å². The number of rotatable bonds is 6. The molecule has 2 rings (SSSR count). The van der Waals surface area contributed by atoms with Gasteiger partial charge < -0.3 is 0 Å². The van der Waals surface area contributed by atoms with E-state index < -0.39 is 0 Å². The molecule has 0 radical (unpaired) electrons. The number of carbonyl (C=O) groups is 2. The van der Waals surface area contributed by atoms with Gasteiger partial charge in [0.2, 0.25) is 0 Å². The van der Waals surface area contributed by atoms with Crippen molar-refractivity contribution in [2.45, 2.75) is 6.42 Å². The van der Waals surface area contributed by atoms with Crippen LogP contribution in [0.15, 0.2) is 60.7 Å². The van der Waals surface area contributed by atoms with Crippen molar-refractivity contribution in [2.24, 2.45) is 0 Å². The van der Waals surface area contributed by atoms with E-state index in [-0.39, 0.29) is 29.6 Å². The maximum Gasteiger partial charge on any atom is 0.163 e. The average Bonchev–Trinajstić information content (AvgIpc) is 2.54. The second-order valence-electron chi connectivity index (χ2n) is 4.88. The van der Waals surface area contributed by atoms with Gasteiger partial charge in [0.05, 0.1) is 6.42 Å². The zero-order chi connectivity index (χ0) is 16.7. The molecule has 0 fully saturated rings. The van der Waals surface area contributed by atoms with Gasteiger partial charge in [-0.05, 0) is 47.5 Å². The number of carbonyl (C=O) groups excluding carboxylic acids is 2. The van der Waals surface area contributed by atoms with Gasteiger partial charge >= 0.3 is 0 Å². The van der Waals surface area contributed by atoms with Crippen molar-refractivity contribution < 1.29 is 18.4 Å². The molecule has 0 amide bonds. The third-order valence-corrected chi connectivity index (χ3v) is 3.01. The molecule has 0 saturated carbocycles. The minimum absolute atomic E-state index is 0.255. The van der Waals surface area contributed by atoms with Crippen LogP contribution in [0.5, 0.6) is 0 Å². The maximum absolute atomic E-state index is 12.7. The van der Waals surface area contributed by atoms with Gasteiger partial charge in [-0.2, -0.15) is 0 Å². The lowest BCUT2D eigenvalue weighted by Gasteiger charge is -1.94. The molecule has 0 aromatic heterocycles. The Morgan fingerprint density at radius 2 is 1.04 bits per heavy atom. The van der Waals surface area contributed by atoms with Crippen molar-refractivity contribution in [3.63, 3.8) is 0 Å². The fourth-order valence-electron chi connectivity index (χ4n) is 1.82. The first kappa shape index (κ1) is 16.5. The summed E-state index contributed by atoms with van der Waals surface area (Å²) >= 11 is 0. The minimum Gasteiger partial charge on any atom is -0.294 e. The number of hydrogen-bond acceptors (Lipinski definition) is 2. The highest BCUT2D eigenvalue weighted by molar-refractivity contribution is 6.10. The van der Waals surface area contributed by atoms with Gasteiger partial charge in [-0.1, -0.05) is 36.4 Å². The highest BCUT2D eigenvalue weighted by Crippen LogP contribution is 2.07. The Hall–Kier alpha value is -2.88. The van der Waals surface area contributed by atoms with Crippen molar-refractivity contribution >= 4 is 23.7 Å². The largest absolute Gasteiger partial charge is 0.294 e. The lowest BCUT2D eigenvalue weighted by atomic mass is 10.1. The van der Waals surface area contributed by atoms with Crippen LogP contribution in [0.1, 0.15) is 17.5 Å². The van der Waals surface area contributed by atoms with Gasteiger partial charge in [-0.25, -0.2) is 8.78 Å². The second kappa shape index (κ2) is 7.94. The van der Waals surface area contributed by atoms with E-state index in [9.17, 15) is 18.4 Å². The van der Waals surface area contributed by atoms with E-state index >= 15 is 0 Å². The standard InChI is InChI=1S/C19H14F2O2/c20-16-7-1-14(2-8-16)5-11-18(22)13-19(23)12-6-15-3-9-17(21)10-4-15/h1-12H,13H2/b11-5+,12-6+. The van der Waals surface area contributed by atoms with Crippen molar-refractivity contribution in [1.29, 1.82) is 0 Å². The van der Waals surface area contributed by atoms with Crippen molar-refractivity contribution in [2.75, 3.05) is 0 Å². The Labute approximate surface area is 132 Å². The summed E-state index contributed by atoms with van der Waals surface area (Å²) in [6, 6.07) is 11.3.